The molecule has 1 aromatic rings. The molecule has 1 aromatic carbocycles. The number of methoxy groups -OCH3 is 1. The summed E-state index contributed by atoms with van der Waals surface area (Å²) in [7, 11) is 1.64. The van der Waals surface area contributed by atoms with Crippen LogP contribution in [0, 0.1) is 5.41 Å². The smallest absolute Gasteiger partial charge is 0.224 e. The minimum atomic E-state index is -0.562. The molecule has 0 radical (unpaired) electrons. The number of halogens is 1. The van der Waals surface area contributed by atoms with Crippen LogP contribution in [0.1, 0.15) is 32.4 Å². The van der Waals surface area contributed by atoms with Gasteiger partial charge in [-0.25, -0.2) is 0 Å². The fourth-order valence-corrected chi connectivity index (χ4v) is 2.29. The Morgan fingerprint density at radius 1 is 1.53 bits per heavy atom. The second kappa shape index (κ2) is 6.39. The number of hydrogen-bond donors (Lipinski definition) is 2. The zero-order valence-corrected chi connectivity index (χ0v) is 13.4. The SMILES string of the molecule is COc1ccc([C@H](C)NCC(C)(C)C(N)=O)c(Br)c1. The van der Waals surface area contributed by atoms with E-state index in [9.17, 15) is 4.79 Å². The molecular weight excluding hydrogens is 308 g/mol. The molecule has 106 valence electrons. The number of benzene rings is 1. The van der Waals surface area contributed by atoms with Crippen molar-refractivity contribution in [2.45, 2.75) is 26.8 Å². The normalized spacial score (nSPS) is 13.1. The van der Waals surface area contributed by atoms with Gasteiger partial charge in [-0.3, -0.25) is 4.79 Å². The molecule has 0 bridgehead atoms. The van der Waals surface area contributed by atoms with Crippen LogP contribution in [-0.4, -0.2) is 19.6 Å². The first-order valence-electron chi connectivity index (χ1n) is 6.14. The van der Waals surface area contributed by atoms with Gasteiger partial charge in [-0.2, -0.15) is 0 Å². The second-order valence-corrected chi connectivity index (χ2v) is 6.09. The number of rotatable bonds is 6. The van der Waals surface area contributed by atoms with Crippen molar-refractivity contribution < 1.29 is 9.53 Å². The molecule has 19 heavy (non-hydrogen) atoms. The summed E-state index contributed by atoms with van der Waals surface area (Å²) < 4.78 is 6.14. The maximum absolute atomic E-state index is 11.3. The van der Waals surface area contributed by atoms with Gasteiger partial charge in [0.05, 0.1) is 12.5 Å². The third kappa shape index (κ3) is 4.21. The first-order chi connectivity index (χ1) is 8.77. The van der Waals surface area contributed by atoms with E-state index in [1.165, 1.54) is 0 Å². The van der Waals surface area contributed by atoms with Crippen LogP contribution in [-0.2, 0) is 4.79 Å². The van der Waals surface area contributed by atoms with E-state index in [1.54, 1.807) is 7.11 Å². The van der Waals surface area contributed by atoms with Crippen molar-refractivity contribution in [2.24, 2.45) is 11.1 Å². The molecule has 0 aliphatic heterocycles. The van der Waals surface area contributed by atoms with Gasteiger partial charge in [-0.1, -0.05) is 22.0 Å². The lowest BCUT2D eigenvalue weighted by atomic mass is 9.92. The Hall–Kier alpha value is -1.07. The van der Waals surface area contributed by atoms with E-state index in [2.05, 4.69) is 21.2 Å². The molecule has 0 spiro atoms. The first kappa shape index (κ1) is 16.0. The van der Waals surface area contributed by atoms with Crippen LogP contribution in [0.5, 0.6) is 5.75 Å². The van der Waals surface area contributed by atoms with Gasteiger partial charge in [0, 0.05) is 17.1 Å². The van der Waals surface area contributed by atoms with E-state index in [0.717, 1.165) is 15.8 Å². The van der Waals surface area contributed by atoms with Gasteiger partial charge in [0.25, 0.3) is 0 Å². The number of amides is 1. The van der Waals surface area contributed by atoms with Gasteiger partial charge >= 0.3 is 0 Å². The van der Waals surface area contributed by atoms with Gasteiger partial charge in [0.15, 0.2) is 0 Å². The molecule has 3 N–H and O–H groups in total. The van der Waals surface area contributed by atoms with E-state index in [-0.39, 0.29) is 11.9 Å². The second-order valence-electron chi connectivity index (χ2n) is 5.24. The molecular formula is C14H21BrN2O2. The Kier molecular flexibility index (Phi) is 5.38. The van der Waals surface area contributed by atoms with E-state index >= 15 is 0 Å². The molecule has 0 saturated carbocycles. The molecule has 0 aliphatic rings. The summed E-state index contributed by atoms with van der Waals surface area (Å²) in [5.74, 6) is 0.501. The monoisotopic (exact) mass is 328 g/mol. The fraction of sp³-hybridized carbons (Fsp3) is 0.500. The van der Waals surface area contributed by atoms with Crippen molar-refractivity contribution in [3.8, 4) is 5.75 Å². The fourth-order valence-electron chi connectivity index (χ4n) is 1.59. The molecule has 0 fully saturated rings. The van der Waals surface area contributed by atoms with Crippen molar-refractivity contribution in [1.82, 2.24) is 5.32 Å². The summed E-state index contributed by atoms with van der Waals surface area (Å²) in [5.41, 5.74) is 5.91. The Balaban J connectivity index is 2.74. The molecule has 4 nitrogen and oxygen atoms in total. The number of carbonyl (C=O) groups is 1. The van der Waals surface area contributed by atoms with Crippen molar-refractivity contribution in [3.05, 3.63) is 28.2 Å². The number of nitrogens with one attached hydrogen (secondary N) is 1. The van der Waals surface area contributed by atoms with Crippen molar-refractivity contribution in [2.75, 3.05) is 13.7 Å². The van der Waals surface area contributed by atoms with Crippen LogP contribution in [0.4, 0.5) is 0 Å². The Labute approximate surface area is 122 Å². The van der Waals surface area contributed by atoms with Gasteiger partial charge < -0.3 is 15.8 Å². The highest BCUT2D eigenvalue weighted by Crippen LogP contribution is 2.28. The van der Waals surface area contributed by atoms with E-state index in [0.29, 0.717) is 6.54 Å². The minimum absolute atomic E-state index is 0.110. The lowest BCUT2D eigenvalue weighted by Crippen LogP contribution is -2.41. The summed E-state index contributed by atoms with van der Waals surface area (Å²) >= 11 is 3.53. The lowest BCUT2D eigenvalue weighted by molar-refractivity contribution is -0.125. The van der Waals surface area contributed by atoms with Crippen LogP contribution in [0.15, 0.2) is 22.7 Å². The first-order valence-corrected chi connectivity index (χ1v) is 6.94. The van der Waals surface area contributed by atoms with E-state index in [1.807, 2.05) is 39.0 Å². The number of nitrogens with two attached hydrogens (primary N) is 1. The van der Waals surface area contributed by atoms with Crippen LogP contribution >= 0.6 is 15.9 Å². The average molecular weight is 329 g/mol. The minimum Gasteiger partial charge on any atom is -0.497 e. The highest BCUT2D eigenvalue weighted by atomic mass is 79.9. The standard InChI is InChI=1S/C14H21BrN2O2/c1-9(17-8-14(2,3)13(16)18)11-6-5-10(19-4)7-12(11)15/h5-7,9,17H,8H2,1-4H3,(H2,16,18)/t9-/m0/s1. The number of hydrogen-bond acceptors (Lipinski definition) is 3. The van der Waals surface area contributed by atoms with Crippen LogP contribution < -0.4 is 15.8 Å². The molecule has 5 heteroatoms. The van der Waals surface area contributed by atoms with E-state index < -0.39 is 5.41 Å². The maximum Gasteiger partial charge on any atom is 0.224 e. The van der Waals surface area contributed by atoms with Crippen molar-refractivity contribution in [1.29, 1.82) is 0 Å². The Morgan fingerprint density at radius 3 is 2.63 bits per heavy atom. The van der Waals surface area contributed by atoms with Gasteiger partial charge in [-0.15, -0.1) is 0 Å². The average Bonchev–Trinajstić information content (AvgIpc) is 2.35. The summed E-state index contributed by atoms with van der Waals surface area (Å²) in [5, 5.41) is 3.33. The zero-order chi connectivity index (χ0) is 14.6. The molecule has 1 rings (SSSR count). The highest BCUT2D eigenvalue weighted by Gasteiger charge is 2.25. The van der Waals surface area contributed by atoms with Crippen LogP contribution in [0.25, 0.3) is 0 Å². The number of primary amides is 1. The molecule has 0 aliphatic carbocycles. The largest absolute Gasteiger partial charge is 0.497 e. The number of carbonyl (C=O) groups excluding carboxylic acids is 1. The quantitative estimate of drug-likeness (QED) is 0.843. The molecule has 0 heterocycles. The Bertz CT molecular complexity index is 461. The topological polar surface area (TPSA) is 64.3 Å². The molecule has 0 aromatic heterocycles. The third-order valence-corrected chi connectivity index (χ3v) is 3.88. The highest BCUT2D eigenvalue weighted by molar-refractivity contribution is 9.10. The molecule has 1 atom stereocenters. The van der Waals surface area contributed by atoms with E-state index in [4.69, 9.17) is 10.5 Å². The molecule has 0 unspecified atom stereocenters. The number of ether oxygens (including phenoxy) is 1. The molecule has 1 amide bonds. The molecule has 0 saturated heterocycles. The van der Waals surface area contributed by atoms with Crippen LogP contribution in [0.2, 0.25) is 0 Å². The lowest BCUT2D eigenvalue weighted by Gasteiger charge is -2.24. The third-order valence-electron chi connectivity index (χ3n) is 3.19. The zero-order valence-electron chi connectivity index (χ0n) is 11.8. The summed E-state index contributed by atoms with van der Waals surface area (Å²) in [6.07, 6.45) is 0. The van der Waals surface area contributed by atoms with Crippen LogP contribution in [0.3, 0.4) is 0 Å². The predicted molar refractivity (Wildman–Crippen MR) is 80.1 cm³/mol. The van der Waals surface area contributed by atoms with Gasteiger partial charge in [-0.05, 0) is 38.5 Å². The summed E-state index contributed by atoms with van der Waals surface area (Å²) in [6, 6.07) is 5.95. The maximum atomic E-state index is 11.3. The Morgan fingerprint density at radius 2 is 2.16 bits per heavy atom. The van der Waals surface area contributed by atoms with Gasteiger partial charge in [0.1, 0.15) is 5.75 Å². The summed E-state index contributed by atoms with van der Waals surface area (Å²) in [6.45, 7) is 6.24. The van der Waals surface area contributed by atoms with Crippen molar-refractivity contribution in [3.63, 3.8) is 0 Å². The summed E-state index contributed by atoms with van der Waals surface area (Å²) in [4.78, 5) is 11.3. The van der Waals surface area contributed by atoms with Crippen molar-refractivity contribution >= 4 is 21.8 Å². The van der Waals surface area contributed by atoms with Gasteiger partial charge in [0.2, 0.25) is 5.91 Å². The predicted octanol–water partition coefficient (Wildman–Crippen LogP) is 2.62.